The maximum Gasteiger partial charge on any atom is 0.240 e. The molecule has 0 amide bonds. The minimum atomic E-state index is -3.50. The topological polar surface area (TPSA) is 72.2 Å². The zero-order chi connectivity index (χ0) is 16.3. The maximum absolute atomic E-state index is 12.4. The summed E-state index contributed by atoms with van der Waals surface area (Å²) in [5.74, 6) is 0. The molecule has 4 nitrogen and oxygen atoms in total. The molecule has 0 heterocycles. The number of benzene rings is 2. The van der Waals surface area contributed by atoms with Gasteiger partial charge in [-0.15, -0.1) is 0 Å². The average molecular weight is 383 g/mol. The average Bonchev–Trinajstić information content (AvgIpc) is 2.44. The van der Waals surface area contributed by atoms with E-state index in [0.29, 0.717) is 23.5 Å². The van der Waals surface area contributed by atoms with Crippen LogP contribution < -0.4 is 10.5 Å². The molecule has 0 unspecified atom stereocenters. The quantitative estimate of drug-likeness (QED) is 0.779. The number of nitrogen functional groups attached to an aromatic ring is 1. The molecule has 0 aromatic heterocycles. The Bertz CT molecular complexity index is 771. The van der Waals surface area contributed by atoms with Gasteiger partial charge in [0.1, 0.15) is 0 Å². The second-order valence-corrected chi connectivity index (χ2v) is 7.85. The van der Waals surface area contributed by atoms with E-state index in [1.807, 2.05) is 37.3 Å². The van der Waals surface area contributed by atoms with Gasteiger partial charge < -0.3 is 5.73 Å². The number of nitrogens with one attached hydrogen (secondary N) is 1. The van der Waals surface area contributed by atoms with Crippen molar-refractivity contribution in [3.05, 3.63) is 57.6 Å². The van der Waals surface area contributed by atoms with Gasteiger partial charge in [0, 0.05) is 16.7 Å². The van der Waals surface area contributed by atoms with Crippen LogP contribution in [0.3, 0.4) is 0 Å². The van der Waals surface area contributed by atoms with E-state index < -0.39 is 10.0 Å². The summed E-state index contributed by atoms with van der Waals surface area (Å²) < 4.78 is 28.4. The molecule has 2 rings (SSSR count). The van der Waals surface area contributed by atoms with Crippen LogP contribution in [0, 0.1) is 13.8 Å². The minimum Gasteiger partial charge on any atom is -0.399 e. The van der Waals surface area contributed by atoms with Gasteiger partial charge in [-0.25, -0.2) is 13.1 Å². The van der Waals surface area contributed by atoms with Crippen molar-refractivity contribution >= 4 is 31.6 Å². The first-order valence-corrected chi connectivity index (χ1v) is 9.18. The Morgan fingerprint density at radius 1 is 1.09 bits per heavy atom. The first-order chi connectivity index (χ1) is 10.3. The molecule has 0 bridgehead atoms. The van der Waals surface area contributed by atoms with E-state index in [-0.39, 0.29) is 0 Å². The highest BCUT2D eigenvalue weighted by Gasteiger charge is 2.17. The lowest BCUT2D eigenvalue weighted by molar-refractivity contribution is 0.581. The van der Waals surface area contributed by atoms with E-state index in [0.717, 1.165) is 21.2 Å². The summed E-state index contributed by atoms with van der Waals surface area (Å²) in [7, 11) is -3.50. The lowest BCUT2D eigenvalue weighted by Gasteiger charge is -2.11. The standard InChI is InChI=1S/C16H19BrN2O2S/c1-11-10-16(12(2)9-15(11)17)22(20,21)19-8-7-13-3-5-14(18)6-4-13/h3-6,9-10,19H,7-8,18H2,1-2H3. The number of nitrogens with two attached hydrogens (primary N) is 1. The SMILES string of the molecule is Cc1cc(S(=O)(=O)NCCc2ccc(N)cc2)c(C)cc1Br. The summed E-state index contributed by atoms with van der Waals surface area (Å²) in [6.07, 6.45) is 0.619. The highest BCUT2D eigenvalue weighted by Crippen LogP contribution is 2.24. The smallest absolute Gasteiger partial charge is 0.240 e. The largest absolute Gasteiger partial charge is 0.399 e. The molecule has 2 aromatic rings. The molecule has 0 saturated heterocycles. The van der Waals surface area contributed by atoms with Crippen molar-refractivity contribution in [2.24, 2.45) is 0 Å². The molecule has 22 heavy (non-hydrogen) atoms. The van der Waals surface area contributed by atoms with Crippen molar-refractivity contribution in [2.45, 2.75) is 25.2 Å². The van der Waals surface area contributed by atoms with Gasteiger partial charge in [-0.05, 0) is 61.2 Å². The van der Waals surface area contributed by atoms with Gasteiger partial charge in [-0.1, -0.05) is 28.1 Å². The molecule has 0 aliphatic heterocycles. The van der Waals surface area contributed by atoms with E-state index in [2.05, 4.69) is 20.7 Å². The van der Waals surface area contributed by atoms with Crippen LogP contribution in [-0.4, -0.2) is 15.0 Å². The Morgan fingerprint density at radius 3 is 2.36 bits per heavy atom. The van der Waals surface area contributed by atoms with Crippen molar-refractivity contribution in [3.63, 3.8) is 0 Å². The molecule has 6 heteroatoms. The van der Waals surface area contributed by atoms with Crippen LogP contribution >= 0.6 is 15.9 Å². The number of rotatable bonds is 5. The van der Waals surface area contributed by atoms with Crippen LogP contribution in [-0.2, 0) is 16.4 Å². The van der Waals surface area contributed by atoms with Crippen molar-refractivity contribution in [2.75, 3.05) is 12.3 Å². The molecule has 0 saturated carbocycles. The first-order valence-electron chi connectivity index (χ1n) is 6.90. The van der Waals surface area contributed by atoms with Gasteiger partial charge in [0.15, 0.2) is 0 Å². The maximum atomic E-state index is 12.4. The number of halogens is 1. The van der Waals surface area contributed by atoms with Crippen LogP contribution in [0.25, 0.3) is 0 Å². The molecule has 0 aliphatic rings. The Hall–Kier alpha value is -1.37. The van der Waals surface area contributed by atoms with Crippen LogP contribution in [0.15, 0.2) is 45.8 Å². The van der Waals surface area contributed by atoms with Crippen LogP contribution in [0.2, 0.25) is 0 Å². The molecular weight excluding hydrogens is 364 g/mol. The third-order valence-corrected chi connectivity index (χ3v) is 5.89. The highest BCUT2D eigenvalue weighted by molar-refractivity contribution is 9.10. The van der Waals surface area contributed by atoms with Gasteiger partial charge in [-0.2, -0.15) is 0 Å². The third-order valence-electron chi connectivity index (χ3n) is 3.43. The predicted octanol–water partition coefficient (Wildman–Crippen LogP) is 3.17. The van der Waals surface area contributed by atoms with Crippen molar-refractivity contribution < 1.29 is 8.42 Å². The summed E-state index contributed by atoms with van der Waals surface area (Å²) in [6.45, 7) is 4.01. The Labute approximate surface area is 139 Å². The summed E-state index contributed by atoms with van der Waals surface area (Å²) in [5.41, 5.74) is 8.98. The van der Waals surface area contributed by atoms with Gasteiger partial charge in [0.25, 0.3) is 0 Å². The first kappa shape index (κ1) is 17.0. The van der Waals surface area contributed by atoms with Crippen molar-refractivity contribution in [3.8, 4) is 0 Å². The fraction of sp³-hybridized carbons (Fsp3) is 0.250. The lowest BCUT2D eigenvalue weighted by Crippen LogP contribution is -2.26. The Balaban J connectivity index is 2.08. The van der Waals surface area contributed by atoms with Crippen molar-refractivity contribution in [1.29, 1.82) is 0 Å². The molecule has 0 radical (unpaired) electrons. The summed E-state index contributed by atoms with van der Waals surface area (Å²) in [5, 5.41) is 0. The number of anilines is 1. The fourth-order valence-corrected chi connectivity index (χ4v) is 3.93. The molecule has 3 N–H and O–H groups in total. The molecule has 0 fully saturated rings. The predicted molar refractivity (Wildman–Crippen MR) is 93.4 cm³/mol. The lowest BCUT2D eigenvalue weighted by atomic mass is 10.1. The van der Waals surface area contributed by atoms with Gasteiger partial charge in [0.2, 0.25) is 10.0 Å². The van der Waals surface area contributed by atoms with Gasteiger partial charge >= 0.3 is 0 Å². The number of hydrogen-bond acceptors (Lipinski definition) is 3. The van der Waals surface area contributed by atoms with E-state index in [9.17, 15) is 8.42 Å². The zero-order valence-electron chi connectivity index (χ0n) is 12.6. The molecule has 0 spiro atoms. The Kier molecular flexibility index (Phi) is 5.26. The van der Waals surface area contributed by atoms with Crippen LogP contribution in [0.4, 0.5) is 5.69 Å². The fourth-order valence-electron chi connectivity index (χ4n) is 2.14. The molecule has 2 aromatic carbocycles. The van der Waals surface area contributed by atoms with E-state index in [4.69, 9.17) is 5.73 Å². The second-order valence-electron chi connectivity index (χ2n) is 5.26. The monoisotopic (exact) mass is 382 g/mol. The van der Waals surface area contributed by atoms with Gasteiger partial charge in [-0.3, -0.25) is 0 Å². The normalized spacial score (nSPS) is 11.6. The zero-order valence-corrected chi connectivity index (χ0v) is 15.0. The van der Waals surface area contributed by atoms with E-state index >= 15 is 0 Å². The van der Waals surface area contributed by atoms with E-state index in [1.54, 1.807) is 13.0 Å². The number of sulfonamides is 1. The van der Waals surface area contributed by atoms with Crippen LogP contribution in [0.5, 0.6) is 0 Å². The van der Waals surface area contributed by atoms with Crippen LogP contribution in [0.1, 0.15) is 16.7 Å². The molecule has 0 atom stereocenters. The third kappa shape index (κ3) is 4.09. The molecule has 118 valence electrons. The summed E-state index contributed by atoms with van der Waals surface area (Å²) in [4.78, 5) is 0.325. The Morgan fingerprint density at radius 2 is 1.73 bits per heavy atom. The number of hydrogen-bond donors (Lipinski definition) is 2. The minimum absolute atomic E-state index is 0.325. The molecule has 0 aliphatic carbocycles. The summed E-state index contributed by atoms with van der Waals surface area (Å²) in [6, 6.07) is 10.9. The van der Waals surface area contributed by atoms with E-state index in [1.165, 1.54) is 0 Å². The van der Waals surface area contributed by atoms with Gasteiger partial charge in [0.05, 0.1) is 4.90 Å². The summed E-state index contributed by atoms with van der Waals surface area (Å²) >= 11 is 3.41. The second kappa shape index (κ2) is 6.81. The number of aryl methyl sites for hydroxylation is 2. The van der Waals surface area contributed by atoms with Crippen molar-refractivity contribution in [1.82, 2.24) is 4.72 Å². The molecular formula is C16H19BrN2O2S. The highest BCUT2D eigenvalue weighted by atomic mass is 79.9.